The zero-order chi connectivity index (χ0) is 12.1. The lowest BCUT2D eigenvalue weighted by molar-refractivity contribution is 0.260. The molecule has 0 amide bonds. The third-order valence-corrected chi connectivity index (χ3v) is 3.24. The Morgan fingerprint density at radius 1 is 1.12 bits per heavy atom. The van der Waals surface area contributed by atoms with Crippen molar-refractivity contribution in [3.8, 4) is 0 Å². The number of rotatable bonds is 4. The molecule has 0 aliphatic carbocycles. The highest BCUT2D eigenvalue weighted by molar-refractivity contribution is 5.46. The van der Waals surface area contributed by atoms with E-state index in [1.54, 1.807) is 0 Å². The van der Waals surface area contributed by atoms with Gasteiger partial charge in [0.15, 0.2) is 0 Å². The second-order valence-corrected chi connectivity index (χ2v) is 4.41. The molecule has 1 aromatic carbocycles. The number of nitrogens with zero attached hydrogens (tertiary/aromatic N) is 2. The molecule has 0 spiro atoms. The van der Waals surface area contributed by atoms with E-state index in [1.807, 2.05) is 19.2 Å². The predicted octanol–water partition coefficient (Wildman–Crippen LogP) is 1.17. The van der Waals surface area contributed by atoms with Crippen LogP contribution >= 0.6 is 0 Å². The van der Waals surface area contributed by atoms with Crippen molar-refractivity contribution in [3.05, 3.63) is 30.1 Å². The maximum Gasteiger partial charge on any atom is 0.123 e. The standard InChI is InChI=1S/C13H20FN3/c1-15-6-7-16-8-10-17(11-9-16)13-4-2-12(14)3-5-13/h2-5,15H,6-11H2,1H3. The fourth-order valence-electron chi connectivity index (χ4n) is 2.15. The Balaban J connectivity index is 1.84. The van der Waals surface area contributed by atoms with Gasteiger partial charge in [0.2, 0.25) is 0 Å². The molecule has 4 heteroatoms. The Morgan fingerprint density at radius 2 is 1.76 bits per heavy atom. The van der Waals surface area contributed by atoms with Crippen LogP contribution in [-0.2, 0) is 0 Å². The van der Waals surface area contributed by atoms with Crippen molar-refractivity contribution in [2.75, 3.05) is 51.2 Å². The van der Waals surface area contributed by atoms with Crippen LogP contribution < -0.4 is 10.2 Å². The summed E-state index contributed by atoms with van der Waals surface area (Å²) in [5, 5.41) is 3.17. The average Bonchev–Trinajstić information content (AvgIpc) is 2.38. The Labute approximate surface area is 102 Å². The van der Waals surface area contributed by atoms with E-state index in [-0.39, 0.29) is 5.82 Å². The monoisotopic (exact) mass is 237 g/mol. The van der Waals surface area contributed by atoms with E-state index in [0.29, 0.717) is 0 Å². The van der Waals surface area contributed by atoms with Crippen LogP contribution in [0.4, 0.5) is 10.1 Å². The molecule has 0 bridgehead atoms. The summed E-state index contributed by atoms with van der Waals surface area (Å²) >= 11 is 0. The molecule has 0 radical (unpaired) electrons. The topological polar surface area (TPSA) is 18.5 Å². The Kier molecular flexibility index (Phi) is 4.34. The molecule has 2 rings (SSSR count). The van der Waals surface area contributed by atoms with E-state index >= 15 is 0 Å². The highest BCUT2D eigenvalue weighted by Crippen LogP contribution is 2.16. The van der Waals surface area contributed by atoms with Crippen LogP contribution in [0.1, 0.15) is 0 Å². The van der Waals surface area contributed by atoms with Crippen LogP contribution in [0.5, 0.6) is 0 Å². The Morgan fingerprint density at radius 3 is 2.35 bits per heavy atom. The number of hydrogen-bond acceptors (Lipinski definition) is 3. The van der Waals surface area contributed by atoms with Crippen LogP contribution in [0, 0.1) is 5.82 Å². The van der Waals surface area contributed by atoms with Gasteiger partial charge in [-0.2, -0.15) is 0 Å². The van der Waals surface area contributed by atoms with Gasteiger partial charge < -0.3 is 10.2 Å². The number of piperazine rings is 1. The van der Waals surface area contributed by atoms with Crippen molar-refractivity contribution in [3.63, 3.8) is 0 Å². The van der Waals surface area contributed by atoms with Gasteiger partial charge in [-0.05, 0) is 31.3 Å². The molecule has 0 saturated carbocycles. The molecular formula is C13H20FN3. The van der Waals surface area contributed by atoms with Gasteiger partial charge in [0.05, 0.1) is 0 Å². The van der Waals surface area contributed by atoms with Gasteiger partial charge in [0, 0.05) is 45.0 Å². The molecule has 3 nitrogen and oxygen atoms in total. The maximum atomic E-state index is 12.8. The third-order valence-electron chi connectivity index (χ3n) is 3.24. The second kappa shape index (κ2) is 5.98. The first-order valence-corrected chi connectivity index (χ1v) is 6.17. The fourth-order valence-corrected chi connectivity index (χ4v) is 2.15. The lowest BCUT2D eigenvalue weighted by Gasteiger charge is -2.36. The van der Waals surface area contributed by atoms with E-state index in [9.17, 15) is 4.39 Å². The van der Waals surface area contributed by atoms with E-state index < -0.39 is 0 Å². The van der Waals surface area contributed by atoms with Crippen molar-refractivity contribution in [2.45, 2.75) is 0 Å². The van der Waals surface area contributed by atoms with E-state index in [0.717, 1.165) is 45.0 Å². The van der Waals surface area contributed by atoms with Crippen molar-refractivity contribution < 1.29 is 4.39 Å². The van der Waals surface area contributed by atoms with Gasteiger partial charge in [-0.3, -0.25) is 4.90 Å². The summed E-state index contributed by atoms with van der Waals surface area (Å²) in [5.74, 6) is -0.165. The molecule has 0 aromatic heterocycles. The average molecular weight is 237 g/mol. The van der Waals surface area contributed by atoms with Crippen molar-refractivity contribution >= 4 is 5.69 Å². The smallest absolute Gasteiger partial charge is 0.123 e. The van der Waals surface area contributed by atoms with Crippen LogP contribution in [0.15, 0.2) is 24.3 Å². The molecule has 94 valence electrons. The molecule has 1 aliphatic heterocycles. The van der Waals surface area contributed by atoms with Gasteiger partial charge >= 0.3 is 0 Å². The fraction of sp³-hybridized carbons (Fsp3) is 0.538. The summed E-state index contributed by atoms with van der Waals surface area (Å²) in [5.41, 5.74) is 1.12. The number of anilines is 1. The summed E-state index contributed by atoms with van der Waals surface area (Å²) in [7, 11) is 1.98. The van der Waals surface area contributed by atoms with Crippen molar-refractivity contribution in [1.82, 2.24) is 10.2 Å². The SMILES string of the molecule is CNCCN1CCN(c2ccc(F)cc2)CC1. The molecule has 17 heavy (non-hydrogen) atoms. The number of likely N-dealkylation sites (N-methyl/N-ethyl adjacent to an activating group) is 1. The third kappa shape index (κ3) is 3.41. The first-order chi connectivity index (χ1) is 8.29. The minimum atomic E-state index is -0.165. The summed E-state index contributed by atoms with van der Waals surface area (Å²) in [6.45, 7) is 6.35. The molecule has 1 N–H and O–H groups in total. The van der Waals surface area contributed by atoms with Gasteiger partial charge in [-0.15, -0.1) is 0 Å². The summed E-state index contributed by atoms with van der Waals surface area (Å²) in [6.07, 6.45) is 0. The van der Waals surface area contributed by atoms with E-state index in [2.05, 4.69) is 15.1 Å². The van der Waals surface area contributed by atoms with Gasteiger partial charge in [-0.25, -0.2) is 4.39 Å². The summed E-state index contributed by atoms with van der Waals surface area (Å²) in [6, 6.07) is 6.78. The van der Waals surface area contributed by atoms with Crippen LogP contribution in [0.25, 0.3) is 0 Å². The van der Waals surface area contributed by atoms with E-state index in [4.69, 9.17) is 0 Å². The Hall–Kier alpha value is -1.13. The normalized spacial score (nSPS) is 17.4. The summed E-state index contributed by atoms with van der Waals surface area (Å²) < 4.78 is 12.8. The van der Waals surface area contributed by atoms with Gasteiger partial charge in [0.25, 0.3) is 0 Å². The molecule has 1 fully saturated rings. The lowest BCUT2D eigenvalue weighted by atomic mass is 10.2. The van der Waals surface area contributed by atoms with Crippen LogP contribution in [-0.4, -0.2) is 51.2 Å². The van der Waals surface area contributed by atoms with E-state index in [1.165, 1.54) is 12.1 Å². The maximum absolute atomic E-state index is 12.8. The number of benzene rings is 1. The molecule has 0 atom stereocenters. The Bertz CT molecular complexity index is 331. The van der Waals surface area contributed by atoms with Crippen LogP contribution in [0.2, 0.25) is 0 Å². The summed E-state index contributed by atoms with van der Waals surface area (Å²) in [4.78, 5) is 4.77. The molecule has 1 heterocycles. The number of nitrogens with one attached hydrogen (secondary N) is 1. The van der Waals surface area contributed by atoms with Gasteiger partial charge in [0.1, 0.15) is 5.82 Å². The second-order valence-electron chi connectivity index (χ2n) is 4.41. The van der Waals surface area contributed by atoms with Crippen LogP contribution in [0.3, 0.4) is 0 Å². The number of hydrogen-bond donors (Lipinski definition) is 1. The molecule has 1 aromatic rings. The largest absolute Gasteiger partial charge is 0.369 e. The molecule has 1 saturated heterocycles. The number of halogens is 1. The molecular weight excluding hydrogens is 217 g/mol. The highest BCUT2D eigenvalue weighted by atomic mass is 19.1. The predicted molar refractivity (Wildman–Crippen MR) is 69.0 cm³/mol. The first kappa shape index (κ1) is 12.3. The zero-order valence-corrected chi connectivity index (χ0v) is 10.3. The quantitative estimate of drug-likeness (QED) is 0.848. The molecule has 0 unspecified atom stereocenters. The first-order valence-electron chi connectivity index (χ1n) is 6.17. The van der Waals surface area contributed by atoms with Gasteiger partial charge in [-0.1, -0.05) is 0 Å². The zero-order valence-electron chi connectivity index (χ0n) is 10.3. The minimum Gasteiger partial charge on any atom is -0.369 e. The molecule has 1 aliphatic rings. The van der Waals surface area contributed by atoms with Crippen molar-refractivity contribution in [2.24, 2.45) is 0 Å². The minimum absolute atomic E-state index is 0.165. The lowest BCUT2D eigenvalue weighted by Crippen LogP contribution is -2.48. The highest BCUT2D eigenvalue weighted by Gasteiger charge is 2.16. The van der Waals surface area contributed by atoms with Crippen molar-refractivity contribution in [1.29, 1.82) is 0 Å².